The summed E-state index contributed by atoms with van der Waals surface area (Å²) in [6.45, 7) is 2.79. The van der Waals surface area contributed by atoms with Crippen LogP contribution in [0, 0.1) is 0 Å². The molecular formula is C22H46N2O4. The van der Waals surface area contributed by atoms with E-state index in [1.54, 1.807) is 0 Å². The average molecular weight is 403 g/mol. The van der Waals surface area contributed by atoms with Gasteiger partial charge in [0.15, 0.2) is 0 Å². The van der Waals surface area contributed by atoms with Gasteiger partial charge in [0, 0.05) is 0 Å². The third kappa shape index (κ3) is 21.2. The largest absolute Gasteiger partial charge is 0.548 e. The van der Waals surface area contributed by atoms with Gasteiger partial charge in [-0.15, -0.1) is 0 Å². The van der Waals surface area contributed by atoms with Crippen LogP contribution in [0.2, 0.25) is 0 Å². The van der Waals surface area contributed by atoms with Crippen LogP contribution >= 0.6 is 0 Å². The van der Waals surface area contributed by atoms with Gasteiger partial charge in [-0.2, -0.15) is 0 Å². The van der Waals surface area contributed by atoms with E-state index < -0.39 is 24.4 Å². The van der Waals surface area contributed by atoms with Crippen LogP contribution in [0.5, 0.6) is 0 Å². The Morgan fingerprint density at radius 2 is 1.11 bits per heavy atom. The quantitative estimate of drug-likeness (QED) is 0.238. The summed E-state index contributed by atoms with van der Waals surface area (Å²) in [5, 5.41) is 22.2. The van der Waals surface area contributed by atoms with E-state index in [2.05, 4.69) is 12.2 Å². The van der Waals surface area contributed by atoms with Gasteiger partial charge >= 0.3 is 5.97 Å². The maximum Gasteiger partial charge on any atom is 0.305 e. The molecule has 0 radical (unpaired) electrons. The lowest BCUT2D eigenvalue weighted by Crippen LogP contribution is -2.46. The molecule has 0 unspecified atom stereocenters. The standard InChI is InChI=1S/C22H43NO4.H3N/c1-2-3-4-5-6-7-8-9-10-11-12-13-14-15-16-17-18-23-20(22(26)27)19-21(24)25;/h20,23H,2-19H2,1H3,(H,24,25)(H,26,27);1H3/t20-;/m0./s1. The van der Waals surface area contributed by atoms with E-state index in [4.69, 9.17) is 5.11 Å². The molecule has 28 heavy (non-hydrogen) atoms. The van der Waals surface area contributed by atoms with Gasteiger partial charge in [-0.05, 0) is 13.0 Å². The Kier molecular flexibility index (Phi) is 23.0. The minimum Gasteiger partial charge on any atom is -0.548 e. The minimum atomic E-state index is -1.34. The summed E-state index contributed by atoms with van der Waals surface area (Å²) in [6.07, 6.45) is 20.3. The molecular weight excluding hydrogens is 356 g/mol. The molecule has 0 aliphatic rings. The van der Waals surface area contributed by atoms with Crippen molar-refractivity contribution >= 4 is 11.9 Å². The molecule has 0 rings (SSSR count). The van der Waals surface area contributed by atoms with Gasteiger partial charge in [-0.1, -0.05) is 103 Å². The first-order valence-electron chi connectivity index (χ1n) is 11.2. The molecule has 0 aliphatic carbocycles. The predicted molar refractivity (Wildman–Crippen MR) is 115 cm³/mol. The summed E-state index contributed by atoms with van der Waals surface area (Å²) in [6, 6.07) is -1.08. The molecule has 0 bridgehead atoms. The van der Waals surface area contributed by atoms with Crippen LogP contribution in [0.3, 0.4) is 0 Å². The van der Waals surface area contributed by atoms with E-state index in [-0.39, 0.29) is 6.15 Å². The van der Waals surface area contributed by atoms with Crippen LogP contribution in [0.15, 0.2) is 0 Å². The Morgan fingerprint density at radius 3 is 1.43 bits per heavy atom. The molecule has 6 nitrogen and oxygen atoms in total. The molecule has 0 amide bonds. The molecule has 6 heteroatoms. The first kappa shape index (κ1) is 29.1. The molecule has 0 saturated heterocycles. The number of carbonyl (C=O) groups is 2. The molecule has 0 spiro atoms. The van der Waals surface area contributed by atoms with Crippen molar-refractivity contribution in [3.05, 3.63) is 0 Å². The summed E-state index contributed by atoms with van der Waals surface area (Å²) in [7, 11) is 0. The van der Waals surface area contributed by atoms with Gasteiger partial charge in [0.1, 0.15) is 0 Å². The fraction of sp³-hybridized carbons (Fsp3) is 0.909. The van der Waals surface area contributed by atoms with Crippen molar-refractivity contribution in [1.82, 2.24) is 11.5 Å². The Morgan fingerprint density at radius 1 is 0.750 bits per heavy atom. The Bertz CT molecular complexity index is 364. The Labute approximate surface area is 172 Å². The highest BCUT2D eigenvalue weighted by molar-refractivity contribution is 5.79. The van der Waals surface area contributed by atoms with Crippen molar-refractivity contribution < 1.29 is 19.8 Å². The number of hydrogen-bond donors (Lipinski definition) is 3. The first-order chi connectivity index (χ1) is 13.1. The third-order valence-electron chi connectivity index (χ3n) is 5.08. The summed E-state index contributed by atoms with van der Waals surface area (Å²) in [5.74, 6) is -2.46. The molecule has 6 N–H and O–H groups in total. The zero-order chi connectivity index (χ0) is 20.2. The zero-order valence-corrected chi connectivity index (χ0v) is 18.5. The van der Waals surface area contributed by atoms with Gasteiger partial charge < -0.3 is 26.5 Å². The molecule has 0 saturated carbocycles. The fourth-order valence-electron chi connectivity index (χ4n) is 3.36. The zero-order valence-electron chi connectivity index (χ0n) is 18.5. The summed E-state index contributed by atoms with van der Waals surface area (Å²) in [5.41, 5.74) is 0. The number of hydrogen-bond acceptors (Lipinski definition) is 4. The summed E-state index contributed by atoms with van der Waals surface area (Å²) < 4.78 is 0. The van der Waals surface area contributed by atoms with Crippen LogP contribution in [-0.4, -0.2) is 29.6 Å². The highest BCUT2D eigenvalue weighted by Crippen LogP contribution is 2.13. The Balaban J connectivity index is 0. The lowest BCUT2D eigenvalue weighted by atomic mass is 10.0. The van der Waals surface area contributed by atoms with Crippen LogP contribution in [-0.2, 0) is 9.59 Å². The maximum absolute atomic E-state index is 10.8. The molecule has 0 aliphatic heterocycles. The molecule has 0 aromatic carbocycles. The summed E-state index contributed by atoms with van der Waals surface area (Å²) in [4.78, 5) is 21.4. The van der Waals surface area contributed by atoms with Gasteiger partial charge in [-0.3, -0.25) is 4.79 Å². The van der Waals surface area contributed by atoms with Gasteiger partial charge in [0.2, 0.25) is 0 Å². The SMILES string of the molecule is CCCCCCCCCCCCCCCCCCN[C@@H](CC(=O)O)C(=O)[O-].[NH4+]. The average Bonchev–Trinajstić information content (AvgIpc) is 2.62. The second-order valence-electron chi connectivity index (χ2n) is 7.73. The van der Waals surface area contributed by atoms with E-state index in [1.807, 2.05) is 0 Å². The third-order valence-corrected chi connectivity index (χ3v) is 5.08. The number of carbonyl (C=O) groups excluding carboxylic acids is 1. The van der Waals surface area contributed by atoms with E-state index in [1.165, 1.54) is 83.5 Å². The van der Waals surface area contributed by atoms with Gasteiger partial charge in [0.25, 0.3) is 0 Å². The van der Waals surface area contributed by atoms with E-state index >= 15 is 0 Å². The second-order valence-corrected chi connectivity index (χ2v) is 7.73. The van der Waals surface area contributed by atoms with E-state index in [9.17, 15) is 14.7 Å². The topological polar surface area (TPSA) is 126 Å². The van der Waals surface area contributed by atoms with E-state index in [0.29, 0.717) is 6.54 Å². The van der Waals surface area contributed by atoms with Crippen molar-refractivity contribution in [2.24, 2.45) is 0 Å². The number of carboxylic acid groups (broad SMARTS) is 2. The summed E-state index contributed by atoms with van der Waals surface area (Å²) >= 11 is 0. The minimum absolute atomic E-state index is 0. The highest BCUT2D eigenvalue weighted by Gasteiger charge is 2.12. The number of unbranched alkanes of at least 4 members (excludes halogenated alkanes) is 15. The molecule has 0 heterocycles. The number of quaternary nitrogens is 1. The first-order valence-corrected chi connectivity index (χ1v) is 11.2. The number of rotatable bonds is 21. The Hall–Kier alpha value is -1.14. The smallest absolute Gasteiger partial charge is 0.305 e. The van der Waals surface area contributed by atoms with Gasteiger partial charge in [0.05, 0.1) is 18.4 Å². The van der Waals surface area contributed by atoms with Crippen LogP contribution in [0.1, 0.15) is 116 Å². The lowest BCUT2D eigenvalue weighted by Gasteiger charge is -2.17. The molecule has 0 aromatic rings. The van der Waals surface area contributed by atoms with Crippen LogP contribution in [0.25, 0.3) is 0 Å². The van der Waals surface area contributed by atoms with Crippen molar-refractivity contribution in [2.75, 3.05) is 6.54 Å². The molecule has 168 valence electrons. The van der Waals surface area contributed by atoms with Crippen LogP contribution in [0.4, 0.5) is 0 Å². The number of aliphatic carboxylic acids is 2. The predicted octanol–water partition coefficient (Wildman–Crippen LogP) is 4.81. The van der Waals surface area contributed by atoms with Crippen molar-refractivity contribution in [3.8, 4) is 0 Å². The molecule has 0 fully saturated rings. The lowest BCUT2D eigenvalue weighted by molar-refractivity contribution is -0.308. The number of carboxylic acids is 2. The van der Waals surface area contributed by atoms with E-state index in [0.717, 1.165) is 19.3 Å². The van der Waals surface area contributed by atoms with Crippen molar-refractivity contribution in [3.63, 3.8) is 0 Å². The normalized spacial score (nSPS) is 11.8. The van der Waals surface area contributed by atoms with Crippen molar-refractivity contribution in [2.45, 2.75) is 122 Å². The second kappa shape index (κ2) is 22.2. The maximum atomic E-state index is 10.8. The fourth-order valence-corrected chi connectivity index (χ4v) is 3.36. The van der Waals surface area contributed by atoms with Gasteiger partial charge in [-0.25, -0.2) is 0 Å². The highest BCUT2D eigenvalue weighted by atomic mass is 16.4. The number of nitrogens with one attached hydrogen (secondary N) is 1. The van der Waals surface area contributed by atoms with Crippen LogP contribution < -0.4 is 16.6 Å². The monoisotopic (exact) mass is 402 g/mol. The molecule has 1 atom stereocenters. The molecule has 0 aromatic heterocycles. The van der Waals surface area contributed by atoms with Crippen molar-refractivity contribution in [1.29, 1.82) is 0 Å².